The van der Waals surface area contributed by atoms with E-state index in [0.717, 1.165) is 27.5 Å². The van der Waals surface area contributed by atoms with Gasteiger partial charge >= 0.3 is 0 Å². The number of imidazole rings is 1. The van der Waals surface area contributed by atoms with Gasteiger partial charge in [-0.05, 0) is 31.2 Å². The van der Waals surface area contributed by atoms with Gasteiger partial charge in [0.15, 0.2) is 11.9 Å². The second-order valence-electron chi connectivity index (χ2n) is 8.86. The monoisotopic (exact) mass is 476 g/mol. The Morgan fingerprint density at radius 3 is 2.74 bits per heavy atom. The van der Waals surface area contributed by atoms with Gasteiger partial charge in [-0.15, -0.1) is 0 Å². The molecule has 4 atom stereocenters. The van der Waals surface area contributed by atoms with Crippen LogP contribution in [0.4, 0.5) is 4.39 Å². The highest BCUT2D eigenvalue weighted by Crippen LogP contribution is 2.32. The Morgan fingerprint density at radius 1 is 1.03 bits per heavy atom. The van der Waals surface area contributed by atoms with Gasteiger partial charge in [0.05, 0.1) is 17.5 Å². The fourth-order valence-corrected chi connectivity index (χ4v) is 4.98. The van der Waals surface area contributed by atoms with Crippen LogP contribution in [0.3, 0.4) is 0 Å². The highest BCUT2D eigenvalue weighted by molar-refractivity contribution is 6.08. The summed E-state index contributed by atoms with van der Waals surface area (Å²) in [5, 5.41) is 26.7. The number of aliphatic hydroxyl groups is 2. The Bertz CT molecular complexity index is 1530. The highest BCUT2D eigenvalue weighted by atomic mass is 19.1. The van der Waals surface area contributed by atoms with Gasteiger partial charge in [0, 0.05) is 35.9 Å². The van der Waals surface area contributed by atoms with Crippen LogP contribution in [0.1, 0.15) is 11.9 Å². The first-order valence-electron chi connectivity index (χ1n) is 11.6. The van der Waals surface area contributed by atoms with Crippen molar-refractivity contribution >= 4 is 33.0 Å². The molecule has 2 aromatic carbocycles. The number of aryl methyl sites for hydroxylation is 1. The predicted molar refractivity (Wildman–Crippen MR) is 128 cm³/mol. The van der Waals surface area contributed by atoms with Crippen molar-refractivity contribution in [1.29, 1.82) is 0 Å². The molecule has 1 aliphatic heterocycles. The Morgan fingerprint density at radius 2 is 1.86 bits per heavy atom. The summed E-state index contributed by atoms with van der Waals surface area (Å²) in [5.41, 5.74) is 3.77. The number of nitrogens with one attached hydrogen (secondary N) is 1. The Balaban J connectivity index is 1.16. The quantitative estimate of drug-likeness (QED) is 0.323. The fourth-order valence-electron chi connectivity index (χ4n) is 4.98. The molecule has 0 radical (unpaired) electrons. The number of para-hydroxylation sites is 1. The molecule has 0 amide bonds. The van der Waals surface area contributed by atoms with E-state index in [-0.39, 0.29) is 5.82 Å². The fraction of sp³-hybridized carbons (Fsp3) is 0.320. The number of ether oxygens (including phenoxy) is 1. The molecule has 180 valence electrons. The topological polar surface area (TPSA) is 110 Å². The van der Waals surface area contributed by atoms with Gasteiger partial charge in [-0.25, -0.2) is 19.3 Å². The van der Waals surface area contributed by atoms with Crippen molar-refractivity contribution in [2.24, 2.45) is 0 Å². The average molecular weight is 477 g/mol. The van der Waals surface area contributed by atoms with E-state index in [1.165, 1.54) is 12.4 Å². The minimum absolute atomic E-state index is 0.274. The van der Waals surface area contributed by atoms with Crippen LogP contribution in [-0.2, 0) is 11.3 Å². The molecule has 4 unspecified atom stereocenters. The lowest BCUT2D eigenvalue weighted by Crippen LogP contribution is -2.38. The van der Waals surface area contributed by atoms with Crippen molar-refractivity contribution in [3.8, 4) is 0 Å². The van der Waals surface area contributed by atoms with Crippen LogP contribution in [-0.4, -0.2) is 65.7 Å². The SMILES string of the molecule is Cc1ncnc2c1ncn2C1OC(CNCCn2c3ccccc3c3ccc(F)cc32)C(O)C1O. The lowest BCUT2D eigenvalue weighted by atomic mass is 10.1. The van der Waals surface area contributed by atoms with E-state index in [0.29, 0.717) is 30.8 Å². The second-order valence-corrected chi connectivity index (χ2v) is 8.86. The van der Waals surface area contributed by atoms with Crippen LogP contribution in [0.15, 0.2) is 55.1 Å². The van der Waals surface area contributed by atoms with E-state index in [1.807, 2.05) is 37.3 Å². The molecule has 1 saturated heterocycles. The first-order valence-corrected chi connectivity index (χ1v) is 11.6. The molecule has 0 aliphatic carbocycles. The van der Waals surface area contributed by atoms with Crippen molar-refractivity contribution in [1.82, 2.24) is 29.4 Å². The van der Waals surface area contributed by atoms with E-state index < -0.39 is 24.5 Å². The molecule has 0 saturated carbocycles. The van der Waals surface area contributed by atoms with E-state index in [4.69, 9.17) is 4.74 Å². The van der Waals surface area contributed by atoms with Gasteiger partial charge in [-0.1, -0.05) is 18.2 Å². The lowest BCUT2D eigenvalue weighted by molar-refractivity contribution is -0.0341. The Labute approximate surface area is 199 Å². The smallest absolute Gasteiger partial charge is 0.165 e. The van der Waals surface area contributed by atoms with Gasteiger partial charge < -0.3 is 24.8 Å². The minimum atomic E-state index is -1.13. The van der Waals surface area contributed by atoms with Crippen LogP contribution in [0.2, 0.25) is 0 Å². The zero-order valence-electron chi connectivity index (χ0n) is 19.0. The number of rotatable bonds is 6. The van der Waals surface area contributed by atoms with Crippen molar-refractivity contribution < 1.29 is 19.3 Å². The molecular weight excluding hydrogens is 451 g/mol. The summed E-state index contributed by atoms with van der Waals surface area (Å²) in [6.07, 6.45) is -0.649. The molecule has 10 heteroatoms. The number of fused-ring (bicyclic) bond motifs is 4. The predicted octanol–water partition coefficient (Wildman–Crippen LogP) is 2.29. The molecule has 0 spiro atoms. The molecule has 6 rings (SSSR count). The van der Waals surface area contributed by atoms with Gasteiger partial charge in [0.2, 0.25) is 0 Å². The van der Waals surface area contributed by atoms with Crippen molar-refractivity contribution in [2.75, 3.05) is 13.1 Å². The molecule has 3 N–H and O–H groups in total. The third-order valence-corrected chi connectivity index (χ3v) is 6.75. The maximum Gasteiger partial charge on any atom is 0.165 e. The number of hydrogen-bond donors (Lipinski definition) is 3. The summed E-state index contributed by atoms with van der Waals surface area (Å²) in [4.78, 5) is 12.7. The molecule has 1 fully saturated rings. The maximum absolute atomic E-state index is 14.0. The van der Waals surface area contributed by atoms with E-state index in [9.17, 15) is 14.6 Å². The van der Waals surface area contributed by atoms with Crippen LogP contribution < -0.4 is 5.32 Å². The second kappa shape index (κ2) is 8.65. The normalized spacial score (nSPS) is 22.6. The van der Waals surface area contributed by atoms with Crippen LogP contribution in [0.25, 0.3) is 33.0 Å². The Hall–Kier alpha value is -3.44. The van der Waals surface area contributed by atoms with Gasteiger partial charge in [-0.3, -0.25) is 4.57 Å². The molecular formula is C25H25FN6O3. The molecule has 35 heavy (non-hydrogen) atoms. The van der Waals surface area contributed by atoms with Crippen molar-refractivity contribution in [3.63, 3.8) is 0 Å². The largest absolute Gasteiger partial charge is 0.387 e. The van der Waals surface area contributed by atoms with Crippen LogP contribution in [0, 0.1) is 12.7 Å². The van der Waals surface area contributed by atoms with Crippen molar-refractivity contribution in [2.45, 2.75) is 38.0 Å². The average Bonchev–Trinajstić information content (AvgIpc) is 3.51. The third kappa shape index (κ3) is 3.66. The summed E-state index contributed by atoms with van der Waals surface area (Å²) < 4.78 is 23.7. The number of aromatic nitrogens is 5. The summed E-state index contributed by atoms with van der Waals surface area (Å²) in [5.74, 6) is -0.274. The summed E-state index contributed by atoms with van der Waals surface area (Å²) in [6, 6.07) is 12.9. The molecule has 0 bridgehead atoms. The third-order valence-electron chi connectivity index (χ3n) is 6.75. The van der Waals surface area contributed by atoms with Gasteiger partial charge in [0.1, 0.15) is 36.0 Å². The number of halogens is 1. The first kappa shape index (κ1) is 22.1. The standard InChI is InChI=1S/C25H25FN6O3/c1-14-21-24(29-12-28-14)32(13-30-21)25-23(34)22(33)20(35-25)11-27-8-9-31-18-5-3-2-4-16(18)17-7-6-15(26)10-19(17)31/h2-7,10,12-13,20,22-23,25,27,33-34H,8-9,11H2,1H3. The molecule has 4 heterocycles. The Kier molecular flexibility index (Phi) is 5.45. The number of benzene rings is 2. The summed E-state index contributed by atoms with van der Waals surface area (Å²) in [7, 11) is 0. The molecule has 1 aliphatic rings. The first-order chi connectivity index (χ1) is 17.0. The molecule has 3 aromatic heterocycles. The number of nitrogens with zero attached hydrogens (tertiary/aromatic N) is 5. The minimum Gasteiger partial charge on any atom is -0.387 e. The van der Waals surface area contributed by atoms with E-state index >= 15 is 0 Å². The maximum atomic E-state index is 14.0. The van der Waals surface area contributed by atoms with E-state index in [2.05, 4.69) is 24.8 Å². The highest BCUT2D eigenvalue weighted by Gasteiger charge is 2.44. The van der Waals surface area contributed by atoms with Gasteiger partial charge in [-0.2, -0.15) is 0 Å². The van der Waals surface area contributed by atoms with E-state index in [1.54, 1.807) is 17.0 Å². The van der Waals surface area contributed by atoms with Gasteiger partial charge in [0.25, 0.3) is 0 Å². The van der Waals surface area contributed by atoms with Crippen molar-refractivity contribution in [3.05, 3.63) is 66.6 Å². The van der Waals surface area contributed by atoms with Crippen LogP contribution >= 0.6 is 0 Å². The number of aliphatic hydroxyl groups excluding tert-OH is 2. The lowest BCUT2D eigenvalue weighted by Gasteiger charge is -2.17. The summed E-state index contributed by atoms with van der Waals surface area (Å²) in [6.45, 7) is 3.34. The molecule has 9 nitrogen and oxygen atoms in total. The number of hydrogen-bond acceptors (Lipinski definition) is 7. The zero-order valence-corrected chi connectivity index (χ0v) is 19.0. The zero-order chi connectivity index (χ0) is 24.1. The van der Waals surface area contributed by atoms with Crippen LogP contribution in [0.5, 0.6) is 0 Å². The summed E-state index contributed by atoms with van der Waals surface area (Å²) >= 11 is 0. The molecule has 5 aromatic rings.